The van der Waals surface area contributed by atoms with Crippen LogP contribution in [0.5, 0.6) is 0 Å². The van der Waals surface area contributed by atoms with Crippen LogP contribution in [0, 0.1) is 10.4 Å². The van der Waals surface area contributed by atoms with E-state index in [2.05, 4.69) is 20.6 Å². The van der Waals surface area contributed by atoms with Gasteiger partial charge in [0.05, 0.1) is 17.4 Å². The van der Waals surface area contributed by atoms with Crippen molar-refractivity contribution in [2.24, 2.45) is 0 Å². The summed E-state index contributed by atoms with van der Waals surface area (Å²) in [5.41, 5.74) is 4.94. The summed E-state index contributed by atoms with van der Waals surface area (Å²) in [6, 6.07) is 19.5. The van der Waals surface area contributed by atoms with Gasteiger partial charge in [-0.15, -0.1) is 5.10 Å². The number of halogens is 2. The second-order valence-corrected chi connectivity index (χ2v) is 9.97. The van der Waals surface area contributed by atoms with Crippen LogP contribution in [0.2, 0.25) is 10.0 Å². The minimum Gasteiger partial charge on any atom is -0.619 e. The Morgan fingerprint density at radius 3 is 2.45 bits per heavy atom. The second-order valence-electron chi connectivity index (χ2n) is 9.09. The number of tetrazole rings is 1. The Morgan fingerprint density at radius 1 is 0.875 bits per heavy atom. The van der Waals surface area contributed by atoms with Crippen LogP contribution in [0.15, 0.2) is 104 Å². The molecule has 4 aromatic heterocycles. The highest BCUT2D eigenvalue weighted by atomic mass is 35.5. The van der Waals surface area contributed by atoms with Crippen molar-refractivity contribution in [2.75, 3.05) is 0 Å². The molecule has 0 saturated carbocycles. The summed E-state index contributed by atoms with van der Waals surface area (Å²) in [7, 11) is 0. The third kappa shape index (κ3) is 5.22. The number of hydrogen-bond acceptors (Lipinski definition) is 6. The summed E-state index contributed by atoms with van der Waals surface area (Å²) < 4.78 is 4.83. The first-order valence-corrected chi connectivity index (χ1v) is 12.9. The molecule has 4 heterocycles. The maximum atomic E-state index is 13.6. The zero-order valence-corrected chi connectivity index (χ0v) is 22.3. The molecule has 0 amide bonds. The average Bonchev–Trinajstić information content (AvgIpc) is 3.66. The topological polar surface area (TPSA) is 115 Å². The van der Waals surface area contributed by atoms with Gasteiger partial charge in [-0.25, -0.2) is 0 Å². The summed E-state index contributed by atoms with van der Waals surface area (Å²) in [6.07, 6.45) is 9.86. The van der Waals surface area contributed by atoms with E-state index in [1.54, 1.807) is 41.2 Å². The third-order valence-corrected chi connectivity index (χ3v) is 7.01. The van der Waals surface area contributed by atoms with Gasteiger partial charge in [0.15, 0.2) is 18.6 Å². The fraction of sp³-hybridized carbons (Fsp3) is 0.0714. The first-order valence-electron chi connectivity index (χ1n) is 12.2. The zero-order chi connectivity index (χ0) is 27.6. The number of benzene rings is 2. The third-order valence-electron chi connectivity index (χ3n) is 6.52. The van der Waals surface area contributed by atoms with Gasteiger partial charge in [-0.05, 0) is 58.5 Å². The van der Waals surface area contributed by atoms with Crippen molar-refractivity contribution in [2.45, 2.75) is 12.5 Å². The summed E-state index contributed by atoms with van der Waals surface area (Å²) >= 11 is 12.4. The van der Waals surface area contributed by atoms with E-state index in [1.807, 2.05) is 42.6 Å². The van der Waals surface area contributed by atoms with Gasteiger partial charge in [-0.1, -0.05) is 35.3 Å². The molecule has 0 fully saturated rings. The van der Waals surface area contributed by atoms with Gasteiger partial charge in [-0.3, -0.25) is 4.68 Å². The van der Waals surface area contributed by atoms with Crippen molar-refractivity contribution < 1.29 is 9.46 Å². The van der Waals surface area contributed by atoms with E-state index in [0.717, 1.165) is 26.2 Å². The summed E-state index contributed by atoms with van der Waals surface area (Å²) in [6.45, 7) is 0. The largest absolute Gasteiger partial charge is 0.619 e. The molecule has 0 aliphatic rings. The molecule has 6 aromatic rings. The van der Waals surface area contributed by atoms with E-state index >= 15 is 0 Å². The maximum Gasteiger partial charge on any atom is 0.217 e. The van der Waals surface area contributed by atoms with E-state index in [-0.39, 0.29) is 0 Å². The van der Waals surface area contributed by atoms with Crippen molar-refractivity contribution >= 4 is 23.2 Å². The predicted molar refractivity (Wildman–Crippen MR) is 148 cm³/mol. The molecule has 0 radical (unpaired) electrons. The highest BCUT2D eigenvalue weighted by molar-refractivity contribution is 6.31. The standard InChI is InChI=1S/C28H20Cl2N8O2/c29-23-6-3-19(4-7-23)12-28(36-16-22(14-32-36)20-2-1-11-35(39)15-20)27-9-5-21(17-38(27)40)25-13-24(30)8-10-26(25)37-18-31-33-34-37/h1-11,13-18,28H,12H2. The lowest BCUT2D eigenvalue weighted by Crippen LogP contribution is -2.36. The molecule has 1 unspecified atom stereocenters. The van der Waals surface area contributed by atoms with Crippen LogP contribution in [-0.2, 0) is 6.42 Å². The fourth-order valence-electron chi connectivity index (χ4n) is 4.58. The number of aromatic nitrogens is 8. The molecule has 10 nitrogen and oxygen atoms in total. The number of pyridine rings is 2. The Morgan fingerprint density at radius 2 is 1.70 bits per heavy atom. The molecule has 40 heavy (non-hydrogen) atoms. The van der Waals surface area contributed by atoms with Gasteiger partial charge >= 0.3 is 0 Å². The van der Waals surface area contributed by atoms with Crippen LogP contribution < -0.4 is 9.46 Å². The van der Waals surface area contributed by atoms with E-state index in [0.29, 0.717) is 39.0 Å². The number of rotatable bonds is 7. The van der Waals surface area contributed by atoms with Crippen LogP contribution in [0.1, 0.15) is 17.3 Å². The van der Waals surface area contributed by atoms with Gasteiger partial charge < -0.3 is 10.4 Å². The monoisotopic (exact) mass is 570 g/mol. The molecular weight excluding hydrogens is 551 g/mol. The average molecular weight is 571 g/mol. The van der Waals surface area contributed by atoms with Crippen LogP contribution in [0.4, 0.5) is 0 Å². The van der Waals surface area contributed by atoms with Gasteiger partial charge in [0.25, 0.3) is 0 Å². The molecule has 1 atom stereocenters. The minimum atomic E-state index is -0.456. The molecule has 2 aromatic carbocycles. The van der Waals surface area contributed by atoms with E-state index < -0.39 is 6.04 Å². The molecular formula is C28H20Cl2N8O2. The van der Waals surface area contributed by atoms with Crippen LogP contribution in [0.3, 0.4) is 0 Å². The van der Waals surface area contributed by atoms with Gasteiger partial charge in [0.1, 0.15) is 12.4 Å². The normalized spacial score (nSPS) is 11.9. The Kier molecular flexibility index (Phi) is 6.85. The molecule has 0 N–H and O–H groups in total. The molecule has 6 rings (SSSR count). The second kappa shape index (κ2) is 10.8. The van der Waals surface area contributed by atoms with Crippen LogP contribution >= 0.6 is 23.2 Å². The van der Waals surface area contributed by atoms with Crippen molar-refractivity contribution in [3.8, 4) is 27.9 Å². The zero-order valence-electron chi connectivity index (χ0n) is 20.7. The van der Waals surface area contributed by atoms with Crippen molar-refractivity contribution in [1.82, 2.24) is 30.0 Å². The molecule has 198 valence electrons. The number of nitrogens with zero attached hydrogens (tertiary/aromatic N) is 8. The molecule has 0 bridgehead atoms. The molecule has 0 aliphatic carbocycles. The van der Waals surface area contributed by atoms with Crippen LogP contribution in [0.25, 0.3) is 27.9 Å². The van der Waals surface area contributed by atoms with E-state index in [4.69, 9.17) is 23.2 Å². The highest BCUT2D eigenvalue weighted by Crippen LogP contribution is 2.30. The van der Waals surface area contributed by atoms with E-state index in [1.165, 1.54) is 29.6 Å². The fourth-order valence-corrected chi connectivity index (χ4v) is 4.88. The first-order chi connectivity index (χ1) is 19.4. The van der Waals surface area contributed by atoms with Crippen molar-refractivity contribution in [3.63, 3.8) is 0 Å². The molecule has 0 spiro atoms. The SMILES string of the molecule is [O-][n+]1cccc(-c2cnn(C(Cc3ccc(Cl)cc3)c3ccc(-c4cc(Cl)ccc4-n4cnnn4)c[n+]3[O-])c2)c1. The van der Waals surface area contributed by atoms with Gasteiger partial charge in [0, 0.05) is 51.5 Å². The predicted octanol–water partition coefficient (Wildman–Crippen LogP) is 4.60. The lowest BCUT2D eigenvalue weighted by atomic mass is 10.0. The Bertz CT molecular complexity index is 1790. The number of hydrogen-bond donors (Lipinski definition) is 0. The Labute approximate surface area is 238 Å². The smallest absolute Gasteiger partial charge is 0.217 e. The Balaban J connectivity index is 1.42. The van der Waals surface area contributed by atoms with Gasteiger partial charge in [-0.2, -0.15) is 19.2 Å². The van der Waals surface area contributed by atoms with E-state index in [9.17, 15) is 10.4 Å². The summed E-state index contributed by atoms with van der Waals surface area (Å²) in [5, 5.41) is 42.6. The molecule has 12 heteroatoms. The minimum absolute atomic E-state index is 0.456. The summed E-state index contributed by atoms with van der Waals surface area (Å²) in [5.74, 6) is 0. The highest BCUT2D eigenvalue weighted by Gasteiger charge is 2.25. The first kappa shape index (κ1) is 25.5. The van der Waals surface area contributed by atoms with Crippen molar-refractivity contribution in [3.05, 3.63) is 136 Å². The Hall–Kier alpha value is -4.80. The lowest BCUT2D eigenvalue weighted by molar-refractivity contribution is -0.615. The quantitative estimate of drug-likeness (QED) is 0.204. The van der Waals surface area contributed by atoms with Crippen LogP contribution in [-0.4, -0.2) is 30.0 Å². The van der Waals surface area contributed by atoms with Gasteiger partial charge in [0.2, 0.25) is 5.69 Å². The summed E-state index contributed by atoms with van der Waals surface area (Å²) in [4.78, 5) is 0. The molecule has 0 saturated heterocycles. The lowest BCUT2D eigenvalue weighted by Gasteiger charge is -2.18. The molecule has 0 aliphatic heterocycles. The van der Waals surface area contributed by atoms with Crippen molar-refractivity contribution in [1.29, 1.82) is 0 Å². The maximum absolute atomic E-state index is 13.6.